The molecule has 0 bridgehead atoms. The van der Waals surface area contributed by atoms with Gasteiger partial charge in [-0.3, -0.25) is 0 Å². The highest BCUT2D eigenvalue weighted by Gasteiger charge is 2.36. The molecule has 0 radical (unpaired) electrons. The number of nitriles is 1. The number of hydrogen-bond donors (Lipinski definition) is 0. The van der Waals surface area contributed by atoms with Gasteiger partial charge >= 0.3 is 12.4 Å². The van der Waals surface area contributed by atoms with Crippen LogP contribution in [0.5, 0.6) is 0 Å². The molecule has 2 aromatic rings. The maximum Gasteiger partial charge on any atom is 0.416 e. The molecule has 0 amide bonds. The van der Waals surface area contributed by atoms with Gasteiger partial charge in [0.05, 0.1) is 22.8 Å². The maximum atomic E-state index is 12.8. The van der Waals surface area contributed by atoms with Gasteiger partial charge in [-0.25, -0.2) is 0 Å². The first-order chi connectivity index (χ1) is 10.6. The van der Waals surface area contributed by atoms with Crippen molar-refractivity contribution in [2.75, 3.05) is 0 Å². The van der Waals surface area contributed by atoms with E-state index < -0.39 is 23.5 Å². The molecule has 0 aliphatic heterocycles. The van der Waals surface area contributed by atoms with Crippen LogP contribution in [0.4, 0.5) is 26.3 Å². The summed E-state index contributed by atoms with van der Waals surface area (Å²) in [6, 6.07) is 9.31. The lowest BCUT2D eigenvalue weighted by Gasteiger charge is -2.14. The van der Waals surface area contributed by atoms with Gasteiger partial charge in [-0.2, -0.15) is 31.6 Å². The van der Waals surface area contributed by atoms with E-state index in [-0.39, 0.29) is 23.6 Å². The molecule has 0 saturated carbocycles. The molecule has 0 fully saturated rings. The van der Waals surface area contributed by atoms with Gasteiger partial charge in [-0.1, -0.05) is 12.1 Å². The summed E-state index contributed by atoms with van der Waals surface area (Å²) < 4.78 is 76.7. The van der Waals surface area contributed by atoms with Gasteiger partial charge in [0.2, 0.25) is 0 Å². The lowest BCUT2D eigenvalue weighted by molar-refractivity contribution is -0.143. The van der Waals surface area contributed by atoms with E-state index >= 15 is 0 Å². The van der Waals surface area contributed by atoms with Crippen molar-refractivity contribution < 1.29 is 26.3 Å². The summed E-state index contributed by atoms with van der Waals surface area (Å²) in [7, 11) is 0. The molecule has 0 saturated heterocycles. The first-order valence-corrected chi connectivity index (χ1v) is 6.37. The first-order valence-electron chi connectivity index (χ1n) is 6.37. The minimum atomic E-state index is -4.87. The zero-order valence-corrected chi connectivity index (χ0v) is 11.5. The number of hydrogen-bond acceptors (Lipinski definition) is 1. The van der Waals surface area contributed by atoms with Crippen LogP contribution in [0.1, 0.15) is 27.8 Å². The minimum absolute atomic E-state index is 0.0925. The second kappa shape index (κ2) is 5.95. The Hall–Kier alpha value is -2.49. The van der Waals surface area contributed by atoms with Crippen LogP contribution in [0.25, 0.3) is 0 Å². The van der Waals surface area contributed by atoms with Crippen LogP contribution in [0.15, 0.2) is 42.5 Å². The number of nitrogens with zero attached hydrogens (tertiary/aromatic N) is 1. The summed E-state index contributed by atoms with van der Waals surface area (Å²) >= 11 is 0. The standard InChI is InChI=1S/C16H9F6N/c17-15(18,19)13-6-12(7-14(8-13)16(20,21)22)5-10-2-1-3-11(4-10)9-23/h1-4,6-8H,5H2. The van der Waals surface area contributed by atoms with Crippen molar-refractivity contribution in [2.45, 2.75) is 18.8 Å². The molecule has 0 atom stereocenters. The topological polar surface area (TPSA) is 23.8 Å². The van der Waals surface area contributed by atoms with Gasteiger partial charge < -0.3 is 0 Å². The minimum Gasteiger partial charge on any atom is -0.192 e. The Labute approximate surface area is 127 Å². The van der Waals surface area contributed by atoms with E-state index in [0.29, 0.717) is 17.7 Å². The average molecular weight is 329 g/mol. The monoisotopic (exact) mass is 329 g/mol. The lowest BCUT2D eigenvalue weighted by Crippen LogP contribution is -2.12. The molecule has 2 aromatic carbocycles. The van der Waals surface area contributed by atoms with E-state index in [0.717, 1.165) is 0 Å². The molecule has 0 N–H and O–H groups in total. The number of halogens is 6. The summed E-state index contributed by atoms with van der Waals surface area (Å²) in [5, 5.41) is 8.78. The molecular weight excluding hydrogens is 320 g/mol. The van der Waals surface area contributed by atoms with Crippen LogP contribution >= 0.6 is 0 Å². The van der Waals surface area contributed by atoms with Crippen LogP contribution in [-0.2, 0) is 18.8 Å². The van der Waals surface area contributed by atoms with Crippen LogP contribution in [0.2, 0.25) is 0 Å². The van der Waals surface area contributed by atoms with E-state index in [1.54, 1.807) is 0 Å². The van der Waals surface area contributed by atoms with Crippen molar-refractivity contribution in [1.29, 1.82) is 5.26 Å². The van der Waals surface area contributed by atoms with Crippen molar-refractivity contribution in [1.82, 2.24) is 0 Å². The molecule has 0 aromatic heterocycles. The van der Waals surface area contributed by atoms with E-state index in [1.807, 2.05) is 6.07 Å². The smallest absolute Gasteiger partial charge is 0.192 e. The van der Waals surface area contributed by atoms with E-state index in [4.69, 9.17) is 5.26 Å². The Morgan fingerprint density at radius 3 is 1.83 bits per heavy atom. The van der Waals surface area contributed by atoms with Crippen molar-refractivity contribution in [2.24, 2.45) is 0 Å². The third-order valence-electron chi connectivity index (χ3n) is 3.11. The summed E-state index contributed by atoms with van der Waals surface area (Å²) in [4.78, 5) is 0. The van der Waals surface area contributed by atoms with E-state index in [2.05, 4.69) is 0 Å². The Balaban J connectivity index is 2.47. The van der Waals surface area contributed by atoms with Crippen molar-refractivity contribution in [3.05, 3.63) is 70.3 Å². The summed E-state index contributed by atoms with van der Waals surface area (Å²) in [5.74, 6) is 0. The van der Waals surface area contributed by atoms with Gasteiger partial charge in [0.25, 0.3) is 0 Å². The summed E-state index contributed by atoms with van der Waals surface area (Å²) in [6.45, 7) is 0. The molecule has 120 valence electrons. The van der Waals surface area contributed by atoms with Crippen LogP contribution in [-0.4, -0.2) is 0 Å². The third-order valence-corrected chi connectivity index (χ3v) is 3.11. The summed E-state index contributed by atoms with van der Waals surface area (Å²) in [6.07, 6.45) is -9.88. The van der Waals surface area contributed by atoms with Crippen LogP contribution < -0.4 is 0 Å². The fraction of sp³-hybridized carbons (Fsp3) is 0.188. The molecule has 0 aliphatic rings. The molecule has 2 rings (SSSR count). The normalized spacial score (nSPS) is 12.0. The largest absolute Gasteiger partial charge is 0.416 e. The van der Waals surface area contributed by atoms with Crippen LogP contribution in [0.3, 0.4) is 0 Å². The fourth-order valence-electron chi connectivity index (χ4n) is 2.11. The van der Waals surface area contributed by atoms with Gasteiger partial charge in [-0.15, -0.1) is 0 Å². The Bertz CT molecular complexity index is 720. The van der Waals surface area contributed by atoms with E-state index in [1.165, 1.54) is 24.3 Å². The van der Waals surface area contributed by atoms with Crippen molar-refractivity contribution in [3.8, 4) is 6.07 Å². The number of benzene rings is 2. The zero-order valence-electron chi connectivity index (χ0n) is 11.5. The predicted octanol–water partition coefficient (Wildman–Crippen LogP) is 5.19. The Morgan fingerprint density at radius 1 is 0.783 bits per heavy atom. The highest BCUT2D eigenvalue weighted by Crippen LogP contribution is 2.36. The lowest BCUT2D eigenvalue weighted by atomic mass is 9.98. The Kier molecular flexibility index (Phi) is 4.37. The predicted molar refractivity (Wildman–Crippen MR) is 70.4 cm³/mol. The van der Waals surface area contributed by atoms with Gasteiger partial charge in [-0.05, 0) is 47.9 Å². The summed E-state index contributed by atoms with van der Waals surface area (Å²) in [5.41, 5.74) is -2.08. The first kappa shape index (κ1) is 16.9. The van der Waals surface area contributed by atoms with Gasteiger partial charge in [0, 0.05) is 0 Å². The SMILES string of the molecule is N#Cc1cccc(Cc2cc(C(F)(F)F)cc(C(F)(F)F)c2)c1. The van der Waals surface area contributed by atoms with Crippen LogP contribution in [0, 0.1) is 11.3 Å². The molecule has 0 unspecified atom stereocenters. The molecule has 0 spiro atoms. The highest BCUT2D eigenvalue weighted by atomic mass is 19.4. The molecule has 0 heterocycles. The number of alkyl halides is 6. The second-order valence-corrected chi connectivity index (χ2v) is 4.90. The van der Waals surface area contributed by atoms with Gasteiger partial charge in [0.15, 0.2) is 0 Å². The van der Waals surface area contributed by atoms with E-state index in [9.17, 15) is 26.3 Å². The number of rotatable bonds is 2. The average Bonchev–Trinajstić information content (AvgIpc) is 2.45. The fourth-order valence-corrected chi connectivity index (χ4v) is 2.11. The highest BCUT2D eigenvalue weighted by molar-refractivity contribution is 5.39. The van der Waals surface area contributed by atoms with Crippen molar-refractivity contribution >= 4 is 0 Å². The Morgan fingerprint density at radius 2 is 1.35 bits per heavy atom. The van der Waals surface area contributed by atoms with Crippen molar-refractivity contribution in [3.63, 3.8) is 0 Å². The second-order valence-electron chi connectivity index (χ2n) is 4.90. The maximum absolute atomic E-state index is 12.8. The third kappa shape index (κ3) is 4.25. The molecule has 0 aliphatic carbocycles. The molecule has 7 heteroatoms. The zero-order chi connectivity index (χ0) is 17.3. The molecule has 23 heavy (non-hydrogen) atoms. The molecular formula is C16H9F6N. The quantitative estimate of drug-likeness (QED) is 0.696. The molecule has 1 nitrogen and oxygen atoms in total. The van der Waals surface area contributed by atoms with Gasteiger partial charge in [0.1, 0.15) is 0 Å².